The molecule has 2 atom stereocenters. The molecule has 1 aliphatic heterocycles. The van der Waals surface area contributed by atoms with Crippen molar-refractivity contribution >= 4 is 6.08 Å². The first-order chi connectivity index (χ1) is 13.3. The van der Waals surface area contributed by atoms with Crippen molar-refractivity contribution in [1.82, 2.24) is 0 Å². The molecule has 28 heavy (non-hydrogen) atoms. The van der Waals surface area contributed by atoms with Gasteiger partial charge in [0.15, 0.2) is 6.10 Å². The van der Waals surface area contributed by atoms with Crippen molar-refractivity contribution in [3.05, 3.63) is 53.1 Å². The van der Waals surface area contributed by atoms with Crippen LogP contribution in [0, 0.1) is 0 Å². The zero-order valence-electron chi connectivity index (χ0n) is 16.5. The standard InChI is InChI=1S/C22H26O6/c1-22(2,25)21-20(27-4)18-17(28-21)12-16(26-3)15(19(18)24)7-5-6-13-8-10-14(23)11-9-13/h5-6,8-12,20-21,23-25H,7H2,1-4H3/b6-5-/t20-,21+/m0/s1. The first-order valence-electron chi connectivity index (χ1n) is 9.06. The van der Waals surface area contributed by atoms with Gasteiger partial charge in [0.1, 0.15) is 29.1 Å². The Balaban J connectivity index is 1.94. The number of benzene rings is 2. The van der Waals surface area contributed by atoms with E-state index >= 15 is 0 Å². The maximum absolute atomic E-state index is 11.0. The van der Waals surface area contributed by atoms with Gasteiger partial charge in [0, 0.05) is 18.7 Å². The van der Waals surface area contributed by atoms with E-state index in [1.165, 1.54) is 14.2 Å². The Morgan fingerprint density at radius 3 is 2.39 bits per heavy atom. The first-order valence-corrected chi connectivity index (χ1v) is 9.06. The lowest BCUT2D eigenvalue weighted by atomic mass is 9.92. The number of aliphatic hydroxyl groups is 1. The van der Waals surface area contributed by atoms with E-state index in [4.69, 9.17) is 14.2 Å². The van der Waals surface area contributed by atoms with Crippen LogP contribution in [0.25, 0.3) is 6.08 Å². The summed E-state index contributed by atoms with van der Waals surface area (Å²) < 4.78 is 16.9. The van der Waals surface area contributed by atoms with Crippen molar-refractivity contribution in [1.29, 1.82) is 0 Å². The molecular formula is C22H26O6. The molecule has 0 bridgehead atoms. The average Bonchev–Trinajstić information content (AvgIpc) is 3.04. The number of hydrogen-bond donors (Lipinski definition) is 3. The Bertz CT molecular complexity index is 864. The predicted molar refractivity (Wildman–Crippen MR) is 106 cm³/mol. The summed E-state index contributed by atoms with van der Waals surface area (Å²) in [5, 5.41) is 30.7. The van der Waals surface area contributed by atoms with Crippen LogP contribution in [0.15, 0.2) is 36.4 Å². The summed E-state index contributed by atoms with van der Waals surface area (Å²) in [7, 11) is 3.06. The molecule has 0 saturated carbocycles. The molecule has 2 aromatic rings. The van der Waals surface area contributed by atoms with Crippen LogP contribution in [-0.4, -0.2) is 41.2 Å². The molecule has 0 fully saturated rings. The Hall–Kier alpha value is -2.70. The maximum atomic E-state index is 11.0. The summed E-state index contributed by atoms with van der Waals surface area (Å²) >= 11 is 0. The fourth-order valence-electron chi connectivity index (χ4n) is 3.44. The molecule has 1 aliphatic rings. The Morgan fingerprint density at radius 2 is 1.82 bits per heavy atom. The highest BCUT2D eigenvalue weighted by Crippen LogP contribution is 2.51. The topological polar surface area (TPSA) is 88.4 Å². The van der Waals surface area contributed by atoms with Crippen LogP contribution < -0.4 is 9.47 Å². The number of rotatable bonds is 6. The van der Waals surface area contributed by atoms with E-state index in [0.717, 1.165) is 5.56 Å². The highest BCUT2D eigenvalue weighted by Gasteiger charge is 2.46. The minimum absolute atomic E-state index is 0.0447. The van der Waals surface area contributed by atoms with Crippen molar-refractivity contribution in [2.45, 2.75) is 38.1 Å². The quantitative estimate of drug-likeness (QED) is 0.703. The third kappa shape index (κ3) is 3.79. The minimum Gasteiger partial charge on any atom is -0.508 e. The van der Waals surface area contributed by atoms with E-state index in [0.29, 0.717) is 29.0 Å². The summed E-state index contributed by atoms with van der Waals surface area (Å²) in [6.07, 6.45) is 2.98. The van der Waals surface area contributed by atoms with Crippen LogP contribution in [0.4, 0.5) is 0 Å². The largest absolute Gasteiger partial charge is 0.508 e. The molecule has 150 valence electrons. The number of aromatic hydroxyl groups is 2. The van der Waals surface area contributed by atoms with Crippen LogP contribution in [0.2, 0.25) is 0 Å². The number of fused-ring (bicyclic) bond motifs is 1. The zero-order valence-corrected chi connectivity index (χ0v) is 16.5. The lowest BCUT2D eigenvalue weighted by Crippen LogP contribution is -2.42. The number of hydrogen-bond acceptors (Lipinski definition) is 6. The molecule has 0 unspecified atom stereocenters. The van der Waals surface area contributed by atoms with Gasteiger partial charge in [-0.2, -0.15) is 0 Å². The second-order valence-electron chi connectivity index (χ2n) is 7.36. The molecule has 0 saturated heterocycles. The number of allylic oxidation sites excluding steroid dienone is 1. The summed E-state index contributed by atoms with van der Waals surface area (Å²) in [5.41, 5.74) is 0.901. The number of phenols is 2. The predicted octanol–water partition coefficient (Wildman–Crippen LogP) is 3.58. The lowest BCUT2D eigenvalue weighted by Gasteiger charge is -2.29. The zero-order chi connectivity index (χ0) is 20.5. The van der Waals surface area contributed by atoms with Gasteiger partial charge in [0.25, 0.3) is 0 Å². The fraction of sp³-hybridized carbons (Fsp3) is 0.364. The fourth-order valence-corrected chi connectivity index (χ4v) is 3.44. The minimum atomic E-state index is -1.15. The Kier molecular flexibility index (Phi) is 5.54. The third-order valence-corrected chi connectivity index (χ3v) is 4.87. The normalized spacial score (nSPS) is 18.9. The van der Waals surface area contributed by atoms with Crippen LogP contribution in [0.5, 0.6) is 23.0 Å². The highest BCUT2D eigenvalue weighted by atomic mass is 16.6. The molecule has 0 spiro atoms. The summed E-state index contributed by atoms with van der Waals surface area (Å²) in [5.74, 6) is 1.20. The summed E-state index contributed by atoms with van der Waals surface area (Å²) in [6, 6.07) is 8.55. The molecule has 3 N–H and O–H groups in total. The SMILES string of the molecule is COc1cc2c(c(O)c1C/C=C\c1ccc(O)cc1)[C@H](OC)[C@H](C(C)(C)O)O2. The second-order valence-corrected chi connectivity index (χ2v) is 7.36. The molecule has 0 aliphatic carbocycles. The molecule has 6 nitrogen and oxygen atoms in total. The maximum Gasteiger partial charge on any atom is 0.157 e. The van der Waals surface area contributed by atoms with Gasteiger partial charge in [-0.1, -0.05) is 24.3 Å². The van der Waals surface area contributed by atoms with Crippen molar-refractivity contribution in [2.75, 3.05) is 14.2 Å². The molecule has 0 amide bonds. The van der Waals surface area contributed by atoms with Crippen LogP contribution in [0.3, 0.4) is 0 Å². The van der Waals surface area contributed by atoms with Gasteiger partial charge < -0.3 is 29.5 Å². The summed E-state index contributed by atoms with van der Waals surface area (Å²) in [4.78, 5) is 0. The van der Waals surface area contributed by atoms with E-state index in [2.05, 4.69) is 0 Å². The molecule has 6 heteroatoms. The molecule has 3 rings (SSSR count). The third-order valence-electron chi connectivity index (χ3n) is 4.87. The van der Waals surface area contributed by atoms with Gasteiger partial charge in [0.05, 0.1) is 18.3 Å². The van der Waals surface area contributed by atoms with E-state index < -0.39 is 17.8 Å². The van der Waals surface area contributed by atoms with Crippen LogP contribution in [0.1, 0.15) is 36.6 Å². The Morgan fingerprint density at radius 1 is 1.14 bits per heavy atom. The van der Waals surface area contributed by atoms with Gasteiger partial charge in [-0.15, -0.1) is 0 Å². The molecular weight excluding hydrogens is 360 g/mol. The van der Waals surface area contributed by atoms with Crippen molar-refractivity contribution < 1.29 is 29.5 Å². The van der Waals surface area contributed by atoms with Gasteiger partial charge >= 0.3 is 0 Å². The number of phenolic OH excluding ortho intramolecular Hbond substituents is 2. The van der Waals surface area contributed by atoms with Gasteiger partial charge in [-0.25, -0.2) is 0 Å². The van der Waals surface area contributed by atoms with Gasteiger partial charge in [-0.05, 0) is 38.0 Å². The smallest absolute Gasteiger partial charge is 0.157 e. The monoisotopic (exact) mass is 386 g/mol. The van der Waals surface area contributed by atoms with Crippen molar-refractivity contribution in [3.8, 4) is 23.0 Å². The lowest BCUT2D eigenvalue weighted by molar-refractivity contribution is -0.0885. The van der Waals surface area contributed by atoms with Gasteiger partial charge in [0.2, 0.25) is 0 Å². The van der Waals surface area contributed by atoms with Crippen LogP contribution in [-0.2, 0) is 11.2 Å². The van der Waals surface area contributed by atoms with Crippen molar-refractivity contribution in [3.63, 3.8) is 0 Å². The van der Waals surface area contributed by atoms with E-state index in [-0.39, 0.29) is 11.5 Å². The average molecular weight is 386 g/mol. The molecule has 0 radical (unpaired) electrons. The molecule has 2 aromatic carbocycles. The highest BCUT2D eigenvalue weighted by molar-refractivity contribution is 5.61. The molecule has 0 aromatic heterocycles. The van der Waals surface area contributed by atoms with E-state index in [1.807, 2.05) is 12.2 Å². The van der Waals surface area contributed by atoms with E-state index in [9.17, 15) is 15.3 Å². The van der Waals surface area contributed by atoms with E-state index in [1.54, 1.807) is 44.2 Å². The second kappa shape index (κ2) is 7.73. The summed E-state index contributed by atoms with van der Waals surface area (Å²) in [6.45, 7) is 3.29. The Labute approximate surface area is 164 Å². The number of ether oxygens (including phenoxy) is 3. The van der Waals surface area contributed by atoms with Crippen LogP contribution >= 0.6 is 0 Å². The van der Waals surface area contributed by atoms with Gasteiger partial charge in [-0.3, -0.25) is 0 Å². The number of methoxy groups -OCH3 is 2. The van der Waals surface area contributed by atoms with Crippen molar-refractivity contribution in [2.24, 2.45) is 0 Å². The first kappa shape index (κ1) is 20.0. The molecule has 1 heterocycles.